The Balaban J connectivity index is 2.26. The van der Waals surface area contributed by atoms with E-state index in [1.807, 2.05) is 0 Å². The lowest BCUT2D eigenvalue weighted by molar-refractivity contribution is -0.137. The summed E-state index contributed by atoms with van der Waals surface area (Å²) in [6, 6.07) is 11.0. The average Bonchev–Trinajstić information content (AvgIpc) is 2.63. The van der Waals surface area contributed by atoms with E-state index in [2.05, 4.69) is 6.07 Å². The molecule has 3 rings (SSSR count). The van der Waals surface area contributed by atoms with Gasteiger partial charge >= 0.3 is 6.18 Å². The molecule has 0 atom stereocenters. The number of hydrogen-bond donors (Lipinski definition) is 0. The molecule has 4 heteroatoms. The summed E-state index contributed by atoms with van der Waals surface area (Å²) >= 11 is 0. The second-order valence-corrected chi connectivity index (χ2v) is 4.03. The lowest BCUT2D eigenvalue weighted by Gasteiger charge is -2.07. The number of rotatable bonds is 0. The maximum atomic E-state index is 12.6. The van der Waals surface area contributed by atoms with E-state index in [0.29, 0.717) is 11.1 Å². The smallest absolute Gasteiger partial charge is 0.289 e. The van der Waals surface area contributed by atoms with Gasteiger partial charge in [-0.05, 0) is 17.7 Å². The lowest BCUT2D eigenvalue weighted by atomic mass is 10.0. The van der Waals surface area contributed by atoms with E-state index in [0.717, 1.165) is 6.07 Å². The van der Waals surface area contributed by atoms with Crippen LogP contribution in [-0.2, 0) is 6.18 Å². The summed E-state index contributed by atoms with van der Waals surface area (Å²) in [6.45, 7) is 0. The van der Waals surface area contributed by atoms with E-state index in [-0.39, 0.29) is 16.9 Å². The van der Waals surface area contributed by atoms with Gasteiger partial charge < -0.3 is 0 Å². The van der Waals surface area contributed by atoms with Crippen LogP contribution in [0.4, 0.5) is 13.2 Å². The average molecular weight is 247 g/mol. The number of halogens is 3. The standard InChI is InChI=1S/C14H6F3O/c15-14(16,17)8-5-6-11-12(7-8)9-3-1-2-4-10(9)13(11)18/h1-6H. The van der Waals surface area contributed by atoms with Gasteiger partial charge in [0.15, 0.2) is 5.78 Å². The Kier molecular flexibility index (Phi) is 2.11. The van der Waals surface area contributed by atoms with Crippen molar-refractivity contribution < 1.29 is 18.0 Å². The molecule has 0 spiro atoms. The summed E-state index contributed by atoms with van der Waals surface area (Å²) in [5, 5.41) is 0. The van der Waals surface area contributed by atoms with E-state index >= 15 is 0 Å². The van der Waals surface area contributed by atoms with Crippen molar-refractivity contribution in [1.29, 1.82) is 0 Å². The van der Waals surface area contributed by atoms with E-state index in [4.69, 9.17) is 0 Å². The zero-order valence-electron chi connectivity index (χ0n) is 9.01. The van der Waals surface area contributed by atoms with Gasteiger partial charge in [-0.1, -0.05) is 24.3 Å². The minimum atomic E-state index is -4.45. The molecule has 0 heterocycles. The van der Waals surface area contributed by atoms with Gasteiger partial charge in [-0.3, -0.25) is 4.79 Å². The van der Waals surface area contributed by atoms with Crippen molar-refractivity contribution in [3.05, 3.63) is 59.2 Å². The third-order valence-corrected chi connectivity index (χ3v) is 2.94. The molecule has 1 nitrogen and oxygen atoms in total. The molecule has 1 radical (unpaired) electrons. The Hall–Kier alpha value is -2.10. The fourth-order valence-corrected chi connectivity index (χ4v) is 2.10. The number of carbonyl (C=O) groups excluding carboxylic acids is 1. The van der Waals surface area contributed by atoms with E-state index < -0.39 is 11.7 Å². The Bertz CT molecular complexity index is 656. The molecule has 89 valence electrons. The van der Waals surface area contributed by atoms with Crippen molar-refractivity contribution in [1.82, 2.24) is 0 Å². The number of carbonyl (C=O) groups is 1. The van der Waals surface area contributed by atoms with Gasteiger partial charge in [0.25, 0.3) is 0 Å². The monoisotopic (exact) mass is 247 g/mol. The highest BCUT2D eigenvalue weighted by atomic mass is 19.4. The lowest BCUT2D eigenvalue weighted by Crippen LogP contribution is -2.05. The van der Waals surface area contributed by atoms with E-state index in [1.165, 1.54) is 6.07 Å². The molecular formula is C14H6F3O. The van der Waals surface area contributed by atoms with Crippen molar-refractivity contribution in [2.45, 2.75) is 6.18 Å². The molecule has 0 amide bonds. The molecule has 2 aromatic rings. The van der Waals surface area contributed by atoms with Gasteiger partial charge in [-0.15, -0.1) is 0 Å². The summed E-state index contributed by atoms with van der Waals surface area (Å²) in [4.78, 5) is 11.9. The summed E-state index contributed by atoms with van der Waals surface area (Å²) in [5.41, 5.74) is 0.618. The Morgan fingerprint density at radius 3 is 2.22 bits per heavy atom. The molecule has 2 aromatic carbocycles. The molecule has 0 bridgehead atoms. The molecule has 1 aliphatic carbocycles. The third-order valence-electron chi connectivity index (χ3n) is 2.94. The van der Waals surface area contributed by atoms with Gasteiger partial charge in [0, 0.05) is 22.8 Å². The summed E-state index contributed by atoms with van der Waals surface area (Å²) < 4.78 is 37.8. The van der Waals surface area contributed by atoms with Crippen LogP contribution < -0.4 is 0 Å². The molecule has 0 aliphatic heterocycles. The topological polar surface area (TPSA) is 17.1 Å². The zero-order valence-corrected chi connectivity index (χ0v) is 9.01. The largest absolute Gasteiger partial charge is 0.417 e. The number of hydrogen-bond acceptors (Lipinski definition) is 1. The Morgan fingerprint density at radius 1 is 0.889 bits per heavy atom. The van der Waals surface area contributed by atoms with Crippen LogP contribution in [0, 0.1) is 6.07 Å². The number of ketones is 1. The highest BCUT2D eigenvalue weighted by molar-refractivity contribution is 6.21. The van der Waals surface area contributed by atoms with E-state index in [9.17, 15) is 18.0 Å². The first-order chi connectivity index (χ1) is 8.48. The number of alkyl halides is 3. The van der Waals surface area contributed by atoms with Crippen molar-refractivity contribution in [3.8, 4) is 11.1 Å². The van der Waals surface area contributed by atoms with Crippen molar-refractivity contribution in [2.24, 2.45) is 0 Å². The van der Waals surface area contributed by atoms with Gasteiger partial charge in [0.2, 0.25) is 0 Å². The van der Waals surface area contributed by atoms with E-state index in [1.54, 1.807) is 24.3 Å². The molecule has 0 N–H and O–H groups in total. The Labute approximate surface area is 101 Å². The Morgan fingerprint density at radius 2 is 1.56 bits per heavy atom. The van der Waals surface area contributed by atoms with Crippen LogP contribution in [0.3, 0.4) is 0 Å². The third kappa shape index (κ3) is 1.45. The second-order valence-electron chi connectivity index (χ2n) is 4.03. The second kappa shape index (κ2) is 3.45. The summed E-state index contributed by atoms with van der Waals surface area (Å²) in [5.74, 6) is -0.245. The molecule has 0 aromatic heterocycles. The van der Waals surface area contributed by atoms with Crippen LogP contribution in [-0.4, -0.2) is 5.78 Å². The fraction of sp³-hybridized carbons (Fsp3) is 0.0714. The molecule has 1 aliphatic rings. The summed E-state index contributed by atoms with van der Waals surface area (Å²) in [6.07, 6.45) is -4.45. The first-order valence-electron chi connectivity index (χ1n) is 5.26. The summed E-state index contributed by atoms with van der Waals surface area (Å²) in [7, 11) is 0. The zero-order chi connectivity index (χ0) is 12.9. The van der Waals surface area contributed by atoms with Gasteiger partial charge in [-0.2, -0.15) is 13.2 Å². The maximum absolute atomic E-state index is 12.6. The highest BCUT2D eigenvalue weighted by Gasteiger charge is 2.34. The predicted molar refractivity (Wildman–Crippen MR) is 59.1 cm³/mol. The van der Waals surface area contributed by atoms with Crippen LogP contribution in [0.25, 0.3) is 11.1 Å². The number of benzene rings is 2. The molecule has 0 fully saturated rings. The van der Waals surface area contributed by atoms with Crippen LogP contribution in [0.15, 0.2) is 36.4 Å². The van der Waals surface area contributed by atoms with Crippen molar-refractivity contribution in [3.63, 3.8) is 0 Å². The molecule has 0 saturated carbocycles. The van der Waals surface area contributed by atoms with Gasteiger partial charge in [-0.25, -0.2) is 0 Å². The van der Waals surface area contributed by atoms with Gasteiger partial charge in [0.05, 0.1) is 5.56 Å². The maximum Gasteiger partial charge on any atom is 0.417 e. The molecule has 18 heavy (non-hydrogen) atoms. The normalized spacial score (nSPS) is 13.4. The highest BCUT2D eigenvalue weighted by Crippen LogP contribution is 2.39. The van der Waals surface area contributed by atoms with Crippen LogP contribution in [0.2, 0.25) is 0 Å². The molecule has 0 saturated heterocycles. The minimum Gasteiger partial charge on any atom is -0.289 e. The van der Waals surface area contributed by atoms with Crippen molar-refractivity contribution in [2.75, 3.05) is 0 Å². The number of fused-ring (bicyclic) bond motifs is 3. The first-order valence-corrected chi connectivity index (χ1v) is 5.26. The quantitative estimate of drug-likeness (QED) is 0.591. The van der Waals surface area contributed by atoms with Crippen LogP contribution in [0.1, 0.15) is 21.5 Å². The fourth-order valence-electron chi connectivity index (χ4n) is 2.10. The van der Waals surface area contributed by atoms with Crippen LogP contribution in [0.5, 0.6) is 0 Å². The van der Waals surface area contributed by atoms with Crippen molar-refractivity contribution >= 4 is 5.78 Å². The SMILES string of the molecule is O=C1c2ccc(C(F)(F)F)[c]c2-c2ccccc21. The molecular weight excluding hydrogens is 241 g/mol. The minimum absolute atomic E-state index is 0.241. The van der Waals surface area contributed by atoms with Crippen LogP contribution >= 0.6 is 0 Å². The molecule has 0 unspecified atom stereocenters. The van der Waals surface area contributed by atoms with Gasteiger partial charge in [0.1, 0.15) is 0 Å². The first kappa shape index (κ1) is 11.0. The predicted octanol–water partition coefficient (Wildman–Crippen LogP) is 3.72.